The first-order valence-corrected chi connectivity index (χ1v) is 8.80. The van der Waals surface area contributed by atoms with Crippen LogP contribution in [-0.4, -0.2) is 19.9 Å². The molecule has 1 amide bonds. The van der Waals surface area contributed by atoms with E-state index in [0.29, 0.717) is 11.4 Å². The molecule has 0 saturated heterocycles. The number of amides is 1. The van der Waals surface area contributed by atoms with Gasteiger partial charge >= 0.3 is 0 Å². The maximum atomic E-state index is 14.3. The lowest BCUT2D eigenvalue weighted by atomic mass is 10.2. The summed E-state index contributed by atoms with van der Waals surface area (Å²) in [7, 11) is 1.42. The van der Waals surface area contributed by atoms with Gasteiger partial charge < -0.3 is 25.9 Å². The molecule has 0 spiro atoms. The van der Waals surface area contributed by atoms with E-state index in [4.69, 9.17) is 16.2 Å². The molecule has 4 rings (SSSR count). The number of ether oxygens (including phenoxy) is 1. The highest BCUT2D eigenvalue weighted by molar-refractivity contribution is 6.01. The van der Waals surface area contributed by atoms with Crippen LogP contribution in [0.4, 0.5) is 21.6 Å². The molecule has 10 heteroatoms. The van der Waals surface area contributed by atoms with E-state index < -0.39 is 17.3 Å². The molecular formula is C20H17FN6O3. The summed E-state index contributed by atoms with van der Waals surface area (Å²) < 4.78 is 23.0. The third kappa shape index (κ3) is 3.30. The summed E-state index contributed by atoms with van der Waals surface area (Å²) >= 11 is 0. The van der Waals surface area contributed by atoms with Crippen LogP contribution in [0.1, 0.15) is 10.4 Å². The maximum Gasteiger partial charge on any atom is 0.256 e. The number of rotatable bonds is 5. The smallest absolute Gasteiger partial charge is 0.256 e. The number of primary amides is 1. The number of carbonyl (C=O) groups excluding carboxylic acids is 1. The average molecular weight is 408 g/mol. The van der Waals surface area contributed by atoms with Crippen molar-refractivity contribution in [3.05, 3.63) is 76.7 Å². The first-order chi connectivity index (χ1) is 14.3. The highest BCUT2D eigenvalue weighted by Crippen LogP contribution is 2.32. The Bertz CT molecular complexity index is 1340. The third-order valence-corrected chi connectivity index (χ3v) is 4.50. The summed E-state index contributed by atoms with van der Waals surface area (Å²) in [4.78, 5) is 29.0. The quantitative estimate of drug-likeness (QED) is 0.435. The number of carbonyl (C=O) groups is 1. The zero-order valence-corrected chi connectivity index (χ0v) is 15.8. The first-order valence-electron chi connectivity index (χ1n) is 8.80. The van der Waals surface area contributed by atoms with Crippen LogP contribution >= 0.6 is 0 Å². The van der Waals surface area contributed by atoms with Crippen molar-refractivity contribution < 1.29 is 13.9 Å². The van der Waals surface area contributed by atoms with Gasteiger partial charge in [-0.3, -0.25) is 14.2 Å². The van der Waals surface area contributed by atoms with Gasteiger partial charge in [-0.05, 0) is 30.3 Å². The van der Waals surface area contributed by atoms with Crippen LogP contribution in [0, 0.1) is 5.82 Å². The standard InChI is InChI=1S/C20H17FN6O3/c1-26-16(28)10-15(30-14-3-2-7-27-8-6-24-19(14)27)17(18(23)29)20(26)25-13-5-4-11(22)9-12(13)21/h2-10,25H,22H2,1H3,(H2,23,29). The number of nitrogens with two attached hydrogens (primary N) is 2. The van der Waals surface area contributed by atoms with Crippen LogP contribution in [0.3, 0.4) is 0 Å². The highest BCUT2D eigenvalue weighted by Gasteiger charge is 2.22. The third-order valence-electron chi connectivity index (χ3n) is 4.50. The van der Waals surface area contributed by atoms with Gasteiger partial charge in [0, 0.05) is 37.4 Å². The molecule has 4 aromatic rings. The molecule has 9 nitrogen and oxygen atoms in total. The molecular weight excluding hydrogens is 391 g/mol. The summed E-state index contributed by atoms with van der Waals surface area (Å²) in [5.74, 6) is -1.33. The van der Waals surface area contributed by atoms with Gasteiger partial charge in [0.25, 0.3) is 11.5 Å². The Kier molecular flexibility index (Phi) is 4.59. The minimum atomic E-state index is -0.866. The van der Waals surface area contributed by atoms with Crippen molar-refractivity contribution in [2.45, 2.75) is 0 Å². The molecule has 5 N–H and O–H groups in total. The van der Waals surface area contributed by atoms with Crippen LogP contribution < -0.4 is 27.1 Å². The van der Waals surface area contributed by atoms with Gasteiger partial charge in [0.15, 0.2) is 11.4 Å². The number of nitrogen functional groups attached to an aromatic ring is 1. The zero-order valence-electron chi connectivity index (χ0n) is 15.8. The molecule has 0 atom stereocenters. The van der Waals surface area contributed by atoms with Gasteiger partial charge in [0.1, 0.15) is 22.9 Å². The number of anilines is 3. The molecule has 152 valence electrons. The Hall–Kier alpha value is -4.34. The predicted octanol–water partition coefficient (Wildman–Crippen LogP) is 2.39. The number of hydrogen-bond acceptors (Lipinski definition) is 6. The fraction of sp³-hybridized carbons (Fsp3) is 0.0500. The van der Waals surface area contributed by atoms with Crippen molar-refractivity contribution in [1.29, 1.82) is 0 Å². The van der Waals surface area contributed by atoms with E-state index in [0.717, 1.165) is 16.7 Å². The van der Waals surface area contributed by atoms with Gasteiger partial charge in [0.2, 0.25) is 0 Å². The zero-order chi connectivity index (χ0) is 21.4. The number of aromatic nitrogens is 3. The number of benzene rings is 1. The molecule has 0 saturated carbocycles. The van der Waals surface area contributed by atoms with Crippen LogP contribution in [0.25, 0.3) is 5.65 Å². The normalized spacial score (nSPS) is 10.9. The van der Waals surface area contributed by atoms with Gasteiger partial charge in [0.05, 0.1) is 5.69 Å². The average Bonchev–Trinajstić information content (AvgIpc) is 3.17. The summed E-state index contributed by atoms with van der Waals surface area (Å²) in [6.45, 7) is 0. The molecule has 0 fully saturated rings. The molecule has 0 aliphatic rings. The lowest BCUT2D eigenvalue weighted by Crippen LogP contribution is -2.25. The van der Waals surface area contributed by atoms with Crippen molar-refractivity contribution in [1.82, 2.24) is 14.0 Å². The Morgan fingerprint density at radius 2 is 2.00 bits per heavy atom. The van der Waals surface area contributed by atoms with E-state index in [1.54, 1.807) is 35.1 Å². The predicted molar refractivity (Wildman–Crippen MR) is 110 cm³/mol. The van der Waals surface area contributed by atoms with E-state index in [1.807, 2.05) is 0 Å². The second-order valence-electron chi connectivity index (χ2n) is 6.49. The molecule has 30 heavy (non-hydrogen) atoms. The highest BCUT2D eigenvalue weighted by atomic mass is 19.1. The number of nitrogens with one attached hydrogen (secondary N) is 1. The molecule has 1 aromatic carbocycles. The number of pyridine rings is 2. The van der Waals surface area contributed by atoms with E-state index in [2.05, 4.69) is 10.3 Å². The molecule has 0 radical (unpaired) electrons. The van der Waals surface area contributed by atoms with Crippen LogP contribution in [0.5, 0.6) is 11.5 Å². The van der Waals surface area contributed by atoms with E-state index >= 15 is 0 Å². The molecule has 0 aliphatic heterocycles. The largest absolute Gasteiger partial charge is 0.452 e. The summed E-state index contributed by atoms with van der Waals surface area (Å²) in [5, 5.41) is 2.75. The molecule has 0 bridgehead atoms. The van der Waals surface area contributed by atoms with Gasteiger partial charge in [-0.1, -0.05) is 0 Å². The number of halogens is 1. The van der Waals surface area contributed by atoms with E-state index in [9.17, 15) is 14.0 Å². The topological polar surface area (TPSA) is 130 Å². The minimum Gasteiger partial charge on any atom is -0.452 e. The fourth-order valence-electron chi connectivity index (χ4n) is 3.02. The fourth-order valence-corrected chi connectivity index (χ4v) is 3.02. The monoisotopic (exact) mass is 408 g/mol. The summed E-state index contributed by atoms with van der Waals surface area (Å²) in [5.41, 5.74) is 11.3. The number of imidazole rings is 1. The van der Waals surface area contributed by atoms with Crippen molar-refractivity contribution in [2.75, 3.05) is 11.1 Å². The van der Waals surface area contributed by atoms with Crippen molar-refractivity contribution in [3.63, 3.8) is 0 Å². The van der Waals surface area contributed by atoms with Crippen LogP contribution in [-0.2, 0) is 7.05 Å². The van der Waals surface area contributed by atoms with E-state index in [1.165, 1.54) is 19.2 Å². The molecule has 3 aromatic heterocycles. The molecule has 3 heterocycles. The SMILES string of the molecule is Cn1c(Nc2ccc(N)cc2F)c(C(N)=O)c(Oc2cccn3ccnc23)cc1=O. The molecule has 0 unspecified atom stereocenters. The second kappa shape index (κ2) is 7.24. The van der Waals surface area contributed by atoms with Gasteiger partial charge in [-0.25, -0.2) is 9.37 Å². The number of fused-ring (bicyclic) bond motifs is 1. The Balaban J connectivity index is 1.86. The Labute approximate surface area is 169 Å². The summed E-state index contributed by atoms with van der Waals surface area (Å²) in [6, 6.07) is 8.47. The number of nitrogens with zero attached hydrogens (tertiary/aromatic N) is 3. The van der Waals surface area contributed by atoms with Crippen molar-refractivity contribution >= 4 is 28.7 Å². The minimum absolute atomic E-state index is 0.00853. The summed E-state index contributed by atoms with van der Waals surface area (Å²) in [6.07, 6.45) is 5.07. The van der Waals surface area contributed by atoms with Gasteiger partial charge in [-0.15, -0.1) is 0 Å². The van der Waals surface area contributed by atoms with Crippen LogP contribution in [0.2, 0.25) is 0 Å². The molecule has 0 aliphatic carbocycles. The number of hydrogen-bond donors (Lipinski definition) is 3. The van der Waals surface area contributed by atoms with Crippen molar-refractivity contribution in [2.24, 2.45) is 12.8 Å². The second-order valence-corrected chi connectivity index (χ2v) is 6.49. The lowest BCUT2D eigenvalue weighted by molar-refractivity contribution is 0.0998. The Morgan fingerprint density at radius 3 is 2.73 bits per heavy atom. The Morgan fingerprint density at radius 1 is 1.20 bits per heavy atom. The van der Waals surface area contributed by atoms with Crippen molar-refractivity contribution in [3.8, 4) is 11.5 Å². The van der Waals surface area contributed by atoms with E-state index in [-0.39, 0.29) is 28.5 Å². The lowest BCUT2D eigenvalue weighted by Gasteiger charge is -2.18. The first kappa shape index (κ1) is 19.0. The van der Waals surface area contributed by atoms with Gasteiger partial charge in [-0.2, -0.15) is 0 Å². The van der Waals surface area contributed by atoms with Crippen LogP contribution in [0.15, 0.2) is 59.8 Å². The maximum absolute atomic E-state index is 14.3.